The zero-order chi connectivity index (χ0) is 14.0. The summed E-state index contributed by atoms with van der Waals surface area (Å²) in [6.07, 6.45) is 2.29. The topological polar surface area (TPSA) is 58.2 Å². The maximum absolute atomic E-state index is 12.1. The van der Waals surface area contributed by atoms with Crippen LogP contribution >= 0.6 is 0 Å². The van der Waals surface area contributed by atoms with Gasteiger partial charge in [0.25, 0.3) is 0 Å². The largest absolute Gasteiger partial charge is 0.313 e. The lowest BCUT2D eigenvalue weighted by atomic mass is 9.93. The molecule has 0 aliphatic heterocycles. The van der Waals surface area contributed by atoms with Crippen LogP contribution in [0.25, 0.3) is 0 Å². The number of hydrogen-bond donors (Lipinski definition) is 2. The molecule has 2 N–H and O–H groups in total. The summed E-state index contributed by atoms with van der Waals surface area (Å²) >= 11 is 0. The molecular weight excluding hydrogens is 248 g/mol. The maximum Gasteiger partial charge on any atom is 0.215 e. The third-order valence-corrected chi connectivity index (χ3v) is 5.86. The van der Waals surface area contributed by atoms with Crippen molar-refractivity contribution in [2.24, 2.45) is 11.3 Å². The van der Waals surface area contributed by atoms with E-state index in [1.807, 2.05) is 13.8 Å². The van der Waals surface area contributed by atoms with Crippen molar-refractivity contribution in [3.8, 4) is 0 Å². The number of sulfonamides is 1. The Labute approximate surface area is 112 Å². The highest BCUT2D eigenvalue weighted by Gasteiger charge is 2.45. The molecule has 0 aromatic carbocycles. The van der Waals surface area contributed by atoms with Gasteiger partial charge in [0, 0.05) is 19.1 Å². The summed E-state index contributed by atoms with van der Waals surface area (Å²) in [6.45, 7) is 11.2. The molecule has 18 heavy (non-hydrogen) atoms. The van der Waals surface area contributed by atoms with Crippen molar-refractivity contribution in [1.29, 1.82) is 0 Å². The molecule has 0 aromatic heterocycles. The zero-order valence-corrected chi connectivity index (χ0v) is 13.1. The fraction of sp³-hybridized carbons (Fsp3) is 1.00. The maximum atomic E-state index is 12.1. The fourth-order valence-corrected chi connectivity index (χ4v) is 3.11. The highest BCUT2D eigenvalue weighted by atomic mass is 32.2. The molecular formula is C13H28N2O2S. The molecule has 108 valence electrons. The average Bonchev–Trinajstić information content (AvgIpc) is 3.04. The average molecular weight is 276 g/mol. The van der Waals surface area contributed by atoms with Gasteiger partial charge >= 0.3 is 0 Å². The fourth-order valence-electron chi connectivity index (χ4n) is 2.02. The van der Waals surface area contributed by atoms with Gasteiger partial charge in [-0.15, -0.1) is 0 Å². The molecule has 1 atom stereocenters. The second-order valence-corrected chi connectivity index (χ2v) is 8.44. The Morgan fingerprint density at radius 1 is 1.11 bits per heavy atom. The van der Waals surface area contributed by atoms with Gasteiger partial charge in [-0.1, -0.05) is 27.7 Å². The number of nitrogens with one attached hydrogen (secondary N) is 2. The van der Waals surface area contributed by atoms with E-state index in [2.05, 4.69) is 23.9 Å². The molecule has 4 nitrogen and oxygen atoms in total. The van der Waals surface area contributed by atoms with Crippen LogP contribution in [0.4, 0.5) is 0 Å². The second kappa shape index (κ2) is 5.88. The van der Waals surface area contributed by atoms with Crippen LogP contribution in [0.15, 0.2) is 0 Å². The summed E-state index contributed by atoms with van der Waals surface area (Å²) in [5, 5.41) is 2.78. The van der Waals surface area contributed by atoms with Gasteiger partial charge in [-0.05, 0) is 31.1 Å². The van der Waals surface area contributed by atoms with Gasteiger partial charge in [-0.25, -0.2) is 13.1 Å². The standard InChI is InChI=1S/C13H28N2O2S/c1-10(2)13(6-7-13)9-15-18(16,17)12(5)8-14-11(3)4/h10-12,14-15H,6-9H2,1-5H3. The minimum atomic E-state index is -3.20. The Bertz CT molecular complexity index is 359. The molecule has 1 unspecified atom stereocenters. The van der Waals surface area contributed by atoms with E-state index in [0.29, 0.717) is 25.0 Å². The van der Waals surface area contributed by atoms with Gasteiger partial charge in [0.2, 0.25) is 10.0 Å². The van der Waals surface area contributed by atoms with E-state index >= 15 is 0 Å². The highest BCUT2D eigenvalue weighted by Crippen LogP contribution is 2.51. The lowest BCUT2D eigenvalue weighted by molar-refractivity contribution is 0.357. The van der Waals surface area contributed by atoms with Crippen molar-refractivity contribution in [2.75, 3.05) is 13.1 Å². The first-order valence-electron chi connectivity index (χ1n) is 6.91. The smallest absolute Gasteiger partial charge is 0.215 e. The van der Waals surface area contributed by atoms with Crippen LogP contribution in [0.2, 0.25) is 0 Å². The van der Waals surface area contributed by atoms with Crippen LogP contribution in [0, 0.1) is 11.3 Å². The summed E-state index contributed by atoms with van der Waals surface area (Å²) in [5.41, 5.74) is 0.221. The van der Waals surface area contributed by atoms with E-state index in [-0.39, 0.29) is 10.7 Å². The molecule has 1 aliphatic carbocycles. The Morgan fingerprint density at radius 2 is 1.67 bits per heavy atom. The van der Waals surface area contributed by atoms with Crippen LogP contribution < -0.4 is 10.0 Å². The molecule has 5 heteroatoms. The summed E-state index contributed by atoms with van der Waals surface area (Å²) in [7, 11) is -3.20. The van der Waals surface area contributed by atoms with E-state index in [9.17, 15) is 8.42 Å². The SMILES string of the molecule is CC(C)NCC(C)S(=O)(=O)NCC1(C(C)C)CC1. The number of rotatable bonds is 8. The second-order valence-electron chi connectivity index (χ2n) is 6.26. The first-order chi connectivity index (χ1) is 8.19. The molecule has 1 aliphatic rings. The van der Waals surface area contributed by atoms with Crippen LogP contribution in [0.1, 0.15) is 47.5 Å². The van der Waals surface area contributed by atoms with Crippen LogP contribution in [0.3, 0.4) is 0 Å². The zero-order valence-electron chi connectivity index (χ0n) is 12.3. The Hall–Kier alpha value is -0.130. The molecule has 0 bridgehead atoms. The van der Waals surface area contributed by atoms with Gasteiger partial charge < -0.3 is 5.32 Å². The Morgan fingerprint density at radius 3 is 2.06 bits per heavy atom. The van der Waals surface area contributed by atoms with Gasteiger partial charge in [0.15, 0.2) is 0 Å². The Kier molecular flexibility index (Phi) is 5.21. The van der Waals surface area contributed by atoms with Gasteiger partial charge in [0.1, 0.15) is 0 Å². The quantitative estimate of drug-likeness (QED) is 0.710. The summed E-state index contributed by atoms with van der Waals surface area (Å²) in [5.74, 6) is 0.546. The molecule has 0 radical (unpaired) electrons. The van der Waals surface area contributed by atoms with E-state index in [1.165, 1.54) is 0 Å². The summed E-state index contributed by atoms with van der Waals surface area (Å²) < 4.78 is 27.0. The predicted octanol–water partition coefficient (Wildman–Crippen LogP) is 1.73. The molecule has 1 saturated carbocycles. The minimum Gasteiger partial charge on any atom is -0.313 e. The van der Waals surface area contributed by atoms with Crippen LogP contribution in [-0.4, -0.2) is 32.8 Å². The van der Waals surface area contributed by atoms with Crippen molar-refractivity contribution in [3.63, 3.8) is 0 Å². The van der Waals surface area contributed by atoms with E-state index in [0.717, 1.165) is 12.8 Å². The van der Waals surface area contributed by atoms with Crippen molar-refractivity contribution in [2.45, 2.75) is 58.8 Å². The Balaban J connectivity index is 2.44. The van der Waals surface area contributed by atoms with Gasteiger partial charge in [0.05, 0.1) is 5.25 Å². The third-order valence-electron chi connectivity index (χ3n) is 4.09. The molecule has 1 fully saturated rings. The lowest BCUT2D eigenvalue weighted by Gasteiger charge is -2.22. The highest BCUT2D eigenvalue weighted by molar-refractivity contribution is 7.90. The van der Waals surface area contributed by atoms with Crippen molar-refractivity contribution in [3.05, 3.63) is 0 Å². The van der Waals surface area contributed by atoms with Crippen molar-refractivity contribution < 1.29 is 8.42 Å². The lowest BCUT2D eigenvalue weighted by Crippen LogP contribution is -2.43. The molecule has 1 rings (SSSR count). The first kappa shape index (κ1) is 15.9. The predicted molar refractivity (Wildman–Crippen MR) is 76.0 cm³/mol. The van der Waals surface area contributed by atoms with Crippen LogP contribution in [-0.2, 0) is 10.0 Å². The van der Waals surface area contributed by atoms with Gasteiger partial charge in [-0.3, -0.25) is 0 Å². The molecule has 0 spiro atoms. The third kappa shape index (κ3) is 4.21. The van der Waals surface area contributed by atoms with E-state index in [4.69, 9.17) is 0 Å². The molecule has 0 heterocycles. The molecule has 0 saturated heterocycles. The van der Waals surface area contributed by atoms with Crippen LogP contribution in [0.5, 0.6) is 0 Å². The summed E-state index contributed by atoms with van der Waals surface area (Å²) in [4.78, 5) is 0. The number of hydrogen-bond acceptors (Lipinski definition) is 3. The first-order valence-corrected chi connectivity index (χ1v) is 8.46. The minimum absolute atomic E-state index is 0.221. The molecule has 0 aromatic rings. The van der Waals surface area contributed by atoms with E-state index in [1.54, 1.807) is 6.92 Å². The van der Waals surface area contributed by atoms with E-state index < -0.39 is 10.0 Å². The summed E-state index contributed by atoms with van der Waals surface area (Å²) in [6, 6.07) is 0.313. The molecule has 0 amide bonds. The normalized spacial score (nSPS) is 20.4. The van der Waals surface area contributed by atoms with Gasteiger partial charge in [-0.2, -0.15) is 0 Å². The monoisotopic (exact) mass is 276 g/mol. The van der Waals surface area contributed by atoms with Crippen molar-refractivity contribution in [1.82, 2.24) is 10.0 Å². The van der Waals surface area contributed by atoms with Crippen molar-refractivity contribution >= 4 is 10.0 Å².